The summed E-state index contributed by atoms with van der Waals surface area (Å²) < 4.78 is 6.19. The molecule has 2 aromatic rings. The lowest BCUT2D eigenvalue weighted by Gasteiger charge is -2.14. The number of carbonyl (C=O) groups is 2. The van der Waals surface area contributed by atoms with Gasteiger partial charge in [-0.15, -0.1) is 0 Å². The highest BCUT2D eigenvalue weighted by atomic mass is 127. The third kappa shape index (κ3) is 5.21. The lowest BCUT2D eigenvalue weighted by atomic mass is 10.2. The van der Waals surface area contributed by atoms with Crippen LogP contribution in [0.5, 0.6) is 0 Å². The number of nitrogens with one attached hydrogen (secondary N) is 1. The number of benzene rings is 2. The Hall–Kier alpha value is -1.60. The average molecular weight is 444 g/mol. The van der Waals surface area contributed by atoms with Crippen molar-refractivity contribution >= 4 is 46.1 Å². The first-order valence-electron chi connectivity index (χ1n) is 6.95. The minimum Gasteiger partial charge on any atom is -0.449 e. The Bertz CT molecular complexity index is 703. The molecule has 0 aliphatic carbocycles. The van der Waals surface area contributed by atoms with Crippen molar-refractivity contribution in [1.29, 1.82) is 0 Å². The number of halogens is 2. The van der Waals surface area contributed by atoms with Gasteiger partial charge in [0.25, 0.3) is 5.91 Å². The molecule has 0 spiro atoms. The van der Waals surface area contributed by atoms with E-state index < -0.39 is 12.1 Å². The molecule has 1 unspecified atom stereocenters. The van der Waals surface area contributed by atoms with Crippen molar-refractivity contribution in [2.75, 3.05) is 0 Å². The molecule has 0 fully saturated rings. The van der Waals surface area contributed by atoms with Crippen LogP contribution in [-0.4, -0.2) is 18.0 Å². The molecule has 2 aromatic carbocycles. The van der Waals surface area contributed by atoms with Gasteiger partial charge in [0.1, 0.15) is 0 Å². The van der Waals surface area contributed by atoms with Gasteiger partial charge in [-0.25, -0.2) is 4.79 Å². The Labute approximate surface area is 153 Å². The lowest BCUT2D eigenvalue weighted by Crippen LogP contribution is -2.35. The number of esters is 1. The molecule has 0 saturated carbocycles. The van der Waals surface area contributed by atoms with Crippen LogP contribution in [0, 0.1) is 3.57 Å². The van der Waals surface area contributed by atoms with E-state index in [-0.39, 0.29) is 12.5 Å². The molecule has 4 nitrogen and oxygen atoms in total. The van der Waals surface area contributed by atoms with Crippen LogP contribution in [0.3, 0.4) is 0 Å². The van der Waals surface area contributed by atoms with Gasteiger partial charge in [-0.1, -0.05) is 29.8 Å². The maximum absolute atomic E-state index is 12.0. The molecule has 120 valence electrons. The molecule has 0 aliphatic rings. The van der Waals surface area contributed by atoms with E-state index >= 15 is 0 Å². The summed E-state index contributed by atoms with van der Waals surface area (Å²) in [6.07, 6.45) is -0.885. The van der Waals surface area contributed by atoms with Crippen molar-refractivity contribution in [3.8, 4) is 0 Å². The number of carbonyl (C=O) groups excluding carboxylic acids is 2. The van der Waals surface area contributed by atoms with Crippen LogP contribution in [-0.2, 0) is 16.1 Å². The van der Waals surface area contributed by atoms with E-state index in [0.717, 1.165) is 9.13 Å². The summed E-state index contributed by atoms with van der Waals surface area (Å²) in [4.78, 5) is 24.0. The number of hydrogen-bond donors (Lipinski definition) is 1. The molecule has 1 N–H and O–H groups in total. The third-order valence-corrected chi connectivity index (χ3v) is 4.23. The zero-order chi connectivity index (χ0) is 16.8. The Morgan fingerprint density at radius 1 is 1.17 bits per heavy atom. The van der Waals surface area contributed by atoms with E-state index in [1.54, 1.807) is 30.3 Å². The number of ether oxygens (including phenoxy) is 1. The maximum Gasteiger partial charge on any atom is 0.338 e. The first kappa shape index (κ1) is 17.7. The Balaban J connectivity index is 1.88. The van der Waals surface area contributed by atoms with E-state index in [4.69, 9.17) is 16.3 Å². The Morgan fingerprint density at radius 2 is 1.83 bits per heavy atom. The molecule has 6 heteroatoms. The molecule has 0 bridgehead atoms. The van der Waals surface area contributed by atoms with Crippen molar-refractivity contribution in [3.05, 3.63) is 68.3 Å². The second-order valence-electron chi connectivity index (χ2n) is 4.86. The molecular weight excluding hydrogens is 429 g/mol. The Kier molecular flexibility index (Phi) is 6.41. The van der Waals surface area contributed by atoms with Crippen molar-refractivity contribution < 1.29 is 14.3 Å². The summed E-state index contributed by atoms with van der Waals surface area (Å²) in [7, 11) is 0. The lowest BCUT2D eigenvalue weighted by molar-refractivity contribution is -0.129. The van der Waals surface area contributed by atoms with Crippen LogP contribution in [0.25, 0.3) is 0 Å². The maximum atomic E-state index is 12.0. The fourth-order valence-electron chi connectivity index (χ4n) is 1.84. The summed E-state index contributed by atoms with van der Waals surface area (Å²) >= 11 is 8.18. The van der Waals surface area contributed by atoms with E-state index in [9.17, 15) is 9.59 Å². The molecule has 23 heavy (non-hydrogen) atoms. The van der Waals surface area contributed by atoms with Crippen molar-refractivity contribution in [1.82, 2.24) is 5.32 Å². The predicted molar refractivity (Wildman–Crippen MR) is 97.3 cm³/mol. The van der Waals surface area contributed by atoms with E-state index in [1.165, 1.54) is 6.92 Å². The highest BCUT2D eigenvalue weighted by Gasteiger charge is 2.18. The SMILES string of the molecule is CC(OC(=O)c1ccc(I)cc1)C(=O)NCc1ccccc1Cl. The van der Waals surface area contributed by atoms with Crippen LogP contribution < -0.4 is 5.32 Å². The fourth-order valence-corrected chi connectivity index (χ4v) is 2.40. The second kappa shape index (κ2) is 8.31. The summed E-state index contributed by atoms with van der Waals surface area (Å²) in [5.74, 6) is -0.898. The molecule has 1 amide bonds. The quantitative estimate of drug-likeness (QED) is 0.565. The molecule has 0 aliphatic heterocycles. The largest absolute Gasteiger partial charge is 0.449 e. The first-order valence-corrected chi connectivity index (χ1v) is 8.40. The van der Waals surface area contributed by atoms with Gasteiger partial charge in [0.15, 0.2) is 6.10 Å². The molecule has 0 heterocycles. The van der Waals surface area contributed by atoms with E-state index in [0.29, 0.717) is 10.6 Å². The number of rotatable bonds is 5. The highest BCUT2D eigenvalue weighted by Crippen LogP contribution is 2.14. The first-order chi connectivity index (χ1) is 11.0. The number of hydrogen-bond acceptors (Lipinski definition) is 3. The minimum absolute atomic E-state index is 0.282. The van der Waals surface area contributed by atoms with Crippen LogP contribution in [0.2, 0.25) is 5.02 Å². The van der Waals surface area contributed by atoms with Crippen molar-refractivity contribution in [2.24, 2.45) is 0 Å². The monoisotopic (exact) mass is 443 g/mol. The molecule has 0 aromatic heterocycles. The van der Waals surface area contributed by atoms with Gasteiger partial charge >= 0.3 is 5.97 Å². The summed E-state index contributed by atoms with van der Waals surface area (Å²) in [6, 6.07) is 14.2. The van der Waals surface area contributed by atoms with Gasteiger partial charge in [-0.2, -0.15) is 0 Å². The van der Waals surface area contributed by atoms with Gasteiger partial charge < -0.3 is 10.1 Å². The van der Waals surface area contributed by atoms with Crippen molar-refractivity contribution in [3.63, 3.8) is 0 Å². The van der Waals surface area contributed by atoms with Crippen LogP contribution in [0.4, 0.5) is 0 Å². The summed E-state index contributed by atoms with van der Waals surface area (Å²) in [6.45, 7) is 1.82. The predicted octanol–water partition coefficient (Wildman–Crippen LogP) is 3.81. The molecule has 0 radical (unpaired) electrons. The molecular formula is C17H15ClINO3. The Morgan fingerprint density at radius 3 is 2.48 bits per heavy atom. The van der Waals surface area contributed by atoms with Gasteiger partial charge in [0.2, 0.25) is 0 Å². The van der Waals surface area contributed by atoms with Gasteiger partial charge in [0, 0.05) is 15.1 Å². The van der Waals surface area contributed by atoms with Crippen LogP contribution in [0.15, 0.2) is 48.5 Å². The summed E-state index contributed by atoms with van der Waals surface area (Å²) in [5, 5.41) is 3.28. The molecule has 0 saturated heterocycles. The average Bonchev–Trinajstić information content (AvgIpc) is 2.54. The normalized spacial score (nSPS) is 11.6. The summed E-state index contributed by atoms with van der Waals surface area (Å²) in [5.41, 5.74) is 1.22. The van der Waals surface area contributed by atoms with Crippen molar-refractivity contribution in [2.45, 2.75) is 19.6 Å². The number of amides is 1. The zero-order valence-electron chi connectivity index (χ0n) is 12.4. The van der Waals surface area contributed by atoms with E-state index in [2.05, 4.69) is 27.9 Å². The van der Waals surface area contributed by atoms with Gasteiger partial charge in [-0.3, -0.25) is 4.79 Å². The van der Waals surface area contributed by atoms with E-state index in [1.807, 2.05) is 18.2 Å². The van der Waals surface area contributed by atoms with Gasteiger partial charge in [-0.05, 0) is 65.4 Å². The zero-order valence-corrected chi connectivity index (χ0v) is 15.3. The smallest absolute Gasteiger partial charge is 0.338 e. The van der Waals surface area contributed by atoms with Crippen LogP contribution in [0.1, 0.15) is 22.8 Å². The minimum atomic E-state index is -0.885. The molecule has 1 atom stereocenters. The van der Waals surface area contributed by atoms with Crippen LogP contribution >= 0.6 is 34.2 Å². The topological polar surface area (TPSA) is 55.4 Å². The third-order valence-electron chi connectivity index (χ3n) is 3.14. The second-order valence-corrected chi connectivity index (χ2v) is 6.52. The standard InChI is InChI=1S/C17H15ClINO3/c1-11(23-17(22)12-6-8-14(19)9-7-12)16(21)20-10-13-4-2-3-5-15(13)18/h2-9,11H,10H2,1H3,(H,20,21). The fraction of sp³-hybridized carbons (Fsp3) is 0.176. The molecule has 2 rings (SSSR count). The highest BCUT2D eigenvalue weighted by molar-refractivity contribution is 14.1. The van der Waals surface area contributed by atoms with Gasteiger partial charge in [0.05, 0.1) is 5.56 Å².